The van der Waals surface area contributed by atoms with Crippen molar-refractivity contribution < 1.29 is 26.7 Å². The zero-order valence-corrected chi connectivity index (χ0v) is 24.1. The molecular weight excluding hydrogens is 512 g/mol. The van der Waals surface area contributed by atoms with Gasteiger partial charge in [0.1, 0.15) is 11.4 Å². The van der Waals surface area contributed by atoms with Crippen molar-refractivity contribution in [2.75, 3.05) is 6.61 Å². The molecule has 0 spiro atoms. The van der Waals surface area contributed by atoms with Crippen molar-refractivity contribution in [3.05, 3.63) is 83.9 Å². The molecule has 0 aromatic heterocycles. The molecule has 200 valence electrons. The zero-order valence-electron chi connectivity index (χ0n) is 22.5. The van der Waals surface area contributed by atoms with E-state index >= 15 is 0 Å². The van der Waals surface area contributed by atoms with Gasteiger partial charge in [-0.1, -0.05) is 36.4 Å². The van der Waals surface area contributed by atoms with Crippen LogP contribution in [-0.4, -0.2) is 18.2 Å². The summed E-state index contributed by atoms with van der Waals surface area (Å²) >= 11 is 0. The number of esters is 1. The predicted octanol–water partition coefficient (Wildman–Crippen LogP) is 4.54. The quantitative estimate of drug-likeness (QED) is 0.321. The fraction of sp³-hybridized carbons (Fsp3) is 0.424. The Morgan fingerprint density at radius 3 is 1.74 bits per heavy atom. The van der Waals surface area contributed by atoms with Gasteiger partial charge in [0.15, 0.2) is 21.3 Å². The van der Waals surface area contributed by atoms with Crippen molar-refractivity contribution >= 4 is 16.9 Å². The van der Waals surface area contributed by atoms with Crippen LogP contribution in [0.25, 0.3) is 0 Å². The molecule has 4 fully saturated rings. The van der Waals surface area contributed by atoms with Crippen LogP contribution in [-0.2, 0) is 20.4 Å². The van der Waals surface area contributed by atoms with Gasteiger partial charge in [0.05, 0.1) is 10.9 Å². The molecule has 3 aromatic rings. The average molecular weight is 549 g/mol. The Kier molecular flexibility index (Phi) is 7.84. The number of hydrogen-bond acceptors (Lipinski definition) is 3. The summed E-state index contributed by atoms with van der Waals surface area (Å²) in [5.74, 6) is 3.30. The van der Waals surface area contributed by atoms with Crippen molar-refractivity contribution in [3.63, 3.8) is 0 Å². The van der Waals surface area contributed by atoms with Gasteiger partial charge in [-0.05, 0) is 112 Å². The lowest BCUT2D eigenvalue weighted by Gasteiger charge is -2.59. The standard InChI is InChI=1S/C33H37O3S.ClH/c1-22-14-30(37(28-10-6-4-7-11-28)29-12-8-5-9-13-29)15-23(2)32(22)35-21-31(34)36-33(3)26-17-24-16-25(19-26)20-27(33)18-24;/h4-15,24-27H,16-21H2,1-3H3;1H/q+1;/p-1. The lowest BCUT2D eigenvalue weighted by Crippen LogP contribution is -3.00. The van der Waals surface area contributed by atoms with E-state index in [1.54, 1.807) is 0 Å². The van der Waals surface area contributed by atoms with Gasteiger partial charge in [0.2, 0.25) is 0 Å². The molecule has 0 N–H and O–H groups in total. The normalized spacial score (nSPS) is 27.2. The van der Waals surface area contributed by atoms with Gasteiger partial charge in [-0.2, -0.15) is 0 Å². The highest BCUT2D eigenvalue weighted by Crippen LogP contribution is 2.59. The first-order chi connectivity index (χ1) is 17.9. The lowest BCUT2D eigenvalue weighted by atomic mass is 9.50. The minimum absolute atomic E-state index is 0. The van der Waals surface area contributed by atoms with Crippen molar-refractivity contribution in [1.82, 2.24) is 0 Å². The highest BCUT2D eigenvalue weighted by atomic mass is 35.5. The molecule has 0 heterocycles. The molecule has 3 nitrogen and oxygen atoms in total. The molecule has 5 heteroatoms. The molecule has 4 bridgehead atoms. The van der Waals surface area contributed by atoms with E-state index in [0.717, 1.165) is 28.7 Å². The highest BCUT2D eigenvalue weighted by Gasteiger charge is 2.57. The number of carbonyl (C=O) groups is 1. The van der Waals surface area contributed by atoms with Crippen LogP contribution in [0.2, 0.25) is 0 Å². The third-order valence-electron chi connectivity index (χ3n) is 9.05. The lowest BCUT2D eigenvalue weighted by molar-refractivity contribution is -0.204. The van der Waals surface area contributed by atoms with Crippen molar-refractivity contribution in [3.8, 4) is 5.75 Å². The van der Waals surface area contributed by atoms with Gasteiger partial charge < -0.3 is 21.9 Å². The third kappa shape index (κ3) is 5.10. The molecule has 0 saturated heterocycles. The highest BCUT2D eigenvalue weighted by molar-refractivity contribution is 7.97. The zero-order chi connectivity index (χ0) is 25.6. The number of ether oxygens (including phenoxy) is 2. The Hall–Kier alpha value is -2.43. The van der Waals surface area contributed by atoms with Crippen molar-refractivity contribution in [2.45, 2.75) is 73.2 Å². The van der Waals surface area contributed by atoms with Crippen LogP contribution in [0, 0.1) is 37.5 Å². The number of rotatable bonds is 7. The van der Waals surface area contributed by atoms with Crippen LogP contribution in [0.15, 0.2) is 87.5 Å². The van der Waals surface area contributed by atoms with E-state index in [2.05, 4.69) is 93.6 Å². The van der Waals surface area contributed by atoms with E-state index in [0.29, 0.717) is 11.8 Å². The SMILES string of the molecule is Cc1cc([S+](c2ccccc2)c2ccccc2)cc(C)c1OCC(=O)OC1(C)C2CC3CC(C2)CC1C3.[Cl-]. The van der Waals surface area contributed by atoms with E-state index in [1.807, 2.05) is 0 Å². The summed E-state index contributed by atoms with van der Waals surface area (Å²) in [5, 5.41) is 0. The minimum Gasteiger partial charge on any atom is -1.00 e. The predicted molar refractivity (Wildman–Crippen MR) is 148 cm³/mol. The molecule has 0 atom stereocenters. The fourth-order valence-corrected chi connectivity index (χ4v) is 9.73. The topological polar surface area (TPSA) is 35.5 Å². The van der Waals surface area contributed by atoms with Gasteiger partial charge >= 0.3 is 5.97 Å². The summed E-state index contributed by atoms with van der Waals surface area (Å²) < 4.78 is 12.4. The summed E-state index contributed by atoms with van der Waals surface area (Å²) in [6.45, 7) is 6.31. The van der Waals surface area contributed by atoms with E-state index in [-0.39, 0.29) is 41.5 Å². The van der Waals surface area contributed by atoms with E-state index in [1.165, 1.54) is 46.8 Å². The minimum atomic E-state index is -0.318. The Morgan fingerprint density at radius 2 is 1.26 bits per heavy atom. The van der Waals surface area contributed by atoms with E-state index < -0.39 is 0 Å². The largest absolute Gasteiger partial charge is 1.00 e. The second-order valence-electron chi connectivity index (χ2n) is 11.6. The van der Waals surface area contributed by atoms with Crippen LogP contribution in [0.4, 0.5) is 0 Å². The first kappa shape index (κ1) is 27.1. The maximum Gasteiger partial charge on any atom is 0.344 e. The second-order valence-corrected chi connectivity index (χ2v) is 13.6. The number of benzene rings is 3. The Balaban J connectivity index is 0.00000294. The first-order valence-corrected chi connectivity index (χ1v) is 14.9. The van der Waals surface area contributed by atoms with Crippen LogP contribution < -0.4 is 17.1 Å². The molecule has 0 amide bonds. The third-order valence-corrected chi connectivity index (χ3v) is 11.2. The van der Waals surface area contributed by atoms with Gasteiger partial charge in [-0.25, -0.2) is 4.79 Å². The summed E-state index contributed by atoms with van der Waals surface area (Å²) in [6, 6.07) is 25.8. The molecule has 0 aliphatic heterocycles. The summed E-state index contributed by atoms with van der Waals surface area (Å²) in [4.78, 5) is 16.9. The molecule has 4 aliphatic rings. The van der Waals surface area contributed by atoms with Crippen LogP contribution in [0.1, 0.15) is 50.2 Å². The van der Waals surface area contributed by atoms with Crippen molar-refractivity contribution in [2.24, 2.45) is 23.7 Å². The van der Waals surface area contributed by atoms with Crippen LogP contribution >= 0.6 is 0 Å². The second kappa shape index (κ2) is 11.0. The Labute approximate surface area is 236 Å². The monoisotopic (exact) mass is 548 g/mol. The van der Waals surface area contributed by atoms with E-state index in [4.69, 9.17) is 9.47 Å². The van der Waals surface area contributed by atoms with Crippen molar-refractivity contribution in [1.29, 1.82) is 0 Å². The molecule has 7 rings (SSSR count). The number of halogens is 1. The van der Waals surface area contributed by atoms with Gasteiger partial charge in [-0.15, -0.1) is 0 Å². The average Bonchev–Trinajstić information content (AvgIpc) is 2.88. The summed E-state index contributed by atoms with van der Waals surface area (Å²) in [5.41, 5.74) is 1.78. The molecule has 4 aliphatic carbocycles. The molecule has 0 radical (unpaired) electrons. The molecule has 0 unspecified atom stereocenters. The smallest absolute Gasteiger partial charge is 0.344 e. The number of hydrogen-bond donors (Lipinski definition) is 0. The van der Waals surface area contributed by atoms with Crippen LogP contribution in [0.3, 0.4) is 0 Å². The van der Waals surface area contributed by atoms with Gasteiger partial charge in [-0.3, -0.25) is 0 Å². The first-order valence-electron chi connectivity index (χ1n) is 13.7. The molecule has 4 saturated carbocycles. The number of aryl methyl sites for hydroxylation is 2. The summed E-state index contributed by atoms with van der Waals surface area (Å²) in [7, 11) is -0.216. The van der Waals surface area contributed by atoms with Gasteiger partial charge in [0.25, 0.3) is 0 Å². The fourth-order valence-electron chi connectivity index (χ4n) is 7.47. The maximum atomic E-state index is 13.0. The van der Waals surface area contributed by atoms with E-state index in [9.17, 15) is 4.79 Å². The Bertz CT molecular complexity index is 1190. The molecule has 3 aromatic carbocycles. The molecule has 38 heavy (non-hydrogen) atoms. The maximum absolute atomic E-state index is 13.0. The summed E-state index contributed by atoms with van der Waals surface area (Å²) in [6.07, 6.45) is 6.29. The van der Waals surface area contributed by atoms with Crippen LogP contribution in [0.5, 0.6) is 5.75 Å². The number of carbonyl (C=O) groups excluding carboxylic acids is 1. The van der Waals surface area contributed by atoms with Gasteiger partial charge in [0, 0.05) is 12.1 Å². The molecular formula is C33H37ClO3S. The Morgan fingerprint density at radius 1 is 0.789 bits per heavy atom.